The van der Waals surface area contributed by atoms with Crippen LogP contribution in [0.5, 0.6) is 0 Å². The second-order valence-corrected chi connectivity index (χ2v) is 3.47. The molecule has 0 saturated heterocycles. The second-order valence-electron chi connectivity index (χ2n) is 3.47. The number of hydrogen-bond donors (Lipinski definition) is 0. The lowest BCUT2D eigenvalue weighted by atomic mass is 10.1. The average molecular weight is 219 g/mol. The molecule has 1 rings (SSSR count). The summed E-state index contributed by atoms with van der Waals surface area (Å²) < 4.78 is 0. The molecule has 0 aromatic carbocycles. The molecule has 1 aromatic heterocycles. The Labute approximate surface area is 95.7 Å². The van der Waals surface area contributed by atoms with Gasteiger partial charge in [-0.25, -0.2) is 0 Å². The van der Waals surface area contributed by atoms with Crippen LogP contribution in [0.15, 0.2) is 38.7 Å². The molecule has 1 aromatic rings. The highest BCUT2D eigenvalue weighted by Crippen LogP contribution is 2.19. The van der Waals surface area contributed by atoms with Crippen LogP contribution in [0, 0.1) is 0 Å². The van der Waals surface area contributed by atoms with Gasteiger partial charge in [0.1, 0.15) is 12.1 Å². The molecule has 5 heteroatoms. The third kappa shape index (κ3) is 3.18. The van der Waals surface area contributed by atoms with Gasteiger partial charge in [-0.3, -0.25) is 4.98 Å². The zero-order valence-corrected chi connectivity index (χ0v) is 10.1. The van der Waals surface area contributed by atoms with Crippen LogP contribution in [-0.2, 0) is 0 Å². The van der Waals surface area contributed by atoms with E-state index in [2.05, 4.69) is 25.4 Å². The first kappa shape index (κ1) is 12.4. The molecule has 0 bridgehead atoms. The summed E-state index contributed by atoms with van der Waals surface area (Å²) in [5.41, 5.74) is 1.81. The average Bonchev–Trinajstić information content (AvgIpc) is 2.30. The smallest absolute Gasteiger partial charge is 0.110 e. The van der Waals surface area contributed by atoms with Crippen molar-refractivity contribution in [2.24, 2.45) is 20.5 Å². The predicted octanol–water partition coefficient (Wildman–Crippen LogP) is 3.37. The van der Waals surface area contributed by atoms with Gasteiger partial charge >= 0.3 is 0 Å². The van der Waals surface area contributed by atoms with Crippen molar-refractivity contribution in [3.63, 3.8) is 0 Å². The number of hydrogen-bond acceptors (Lipinski definition) is 5. The highest BCUT2D eigenvalue weighted by atomic mass is 15.1. The van der Waals surface area contributed by atoms with E-state index in [-0.39, 0.29) is 12.1 Å². The molecular formula is C11H17N5. The van der Waals surface area contributed by atoms with Crippen molar-refractivity contribution in [2.45, 2.75) is 25.9 Å². The van der Waals surface area contributed by atoms with E-state index in [9.17, 15) is 0 Å². The lowest BCUT2D eigenvalue weighted by Crippen LogP contribution is -1.99. The predicted molar refractivity (Wildman–Crippen MR) is 62.6 cm³/mol. The van der Waals surface area contributed by atoms with Crippen molar-refractivity contribution in [1.29, 1.82) is 0 Å². The summed E-state index contributed by atoms with van der Waals surface area (Å²) in [6.07, 6.45) is 0. The van der Waals surface area contributed by atoms with Gasteiger partial charge in [0, 0.05) is 14.1 Å². The number of aromatic nitrogens is 1. The van der Waals surface area contributed by atoms with Crippen molar-refractivity contribution in [3.05, 3.63) is 29.6 Å². The van der Waals surface area contributed by atoms with Gasteiger partial charge in [0.2, 0.25) is 0 Å². The fourth-order valence-corrected chi connectivity index (χ4v) is 1.40. The van der Waals surface area contributed by atoms with Crippen LogP contribution < -0.4 is 0 Å². The molecule has 0 aliphatic carbocycles. The van der Waals surface area contributed by atoms with Gasteiger partial charge in [-0.2, -0.15) is 20.5 Å². The van der Waals surface area contributed by atoms with Crippen molar-refractivity contribution < 1.29 is 0 Å². The Morgan fingerprint density at radius 1 is 0.938 bits per heavy atom. The molecule has 2 atom stereocenters. The van der Waals surface area contributed by atoms with Gasteiger partial charge in [-0.05, 0) is 26.0 Å². The molecule has 0 saturated carbocycles. The number of pyridine rings is 1. The van der Waals surface area contributed by atoms with Crippen molar-refractivity contribution in [3.8, 4) is 0 Å². The Bertz CT molecular complexity index is 352. The molecule has 86 valence electrons. The van der Waals surface area contributed by atoms with E-state index >= 15 is 0 Å². The van der Waals surface area contributed by atoms with Crippen molar-refractivity contribution in [1.82, 2.24) is 4.98 Å². The molecule has 0 aliphatic rings. The second kappa shape index (κ2) is 6.05. The summed E-state index contributed by atoms with van der Waals surface area (Å²) >= 11 is 0. The molecule has 0 spiro atoms. The summed E-state index contributed by atoms with van der Waals surface area (Å²) in [5, 5.41) is 15.6. The highest BCUT2D eigenvalue weighted by molar-refractivity contribution is 5.16. The summed E-state index contributed by atoms with van der Waals surface area (Å²) in [6.45, 7) is 3.93. The fourth-order valence-electron chi connectivity index (χ4n) is 1.40. The molecule has 5 nitrogen and oxygen atoms in total. The molecule has 16 heavy (non-hydrogen) atoms. The molecule has 0 radical (unpaired) electrons. The molecule has 2 unspecified atom stereocenters. The maximum Gasteiger partial charge on any atom is 0.110 e. The normalized spacial score (nSPS) is 15.8. The SMILES string of the molecule is CN=NC(C)c1cccc(C(C)N=NC)n1. The molecule has 0 fully saturated rings. The third-order valence-corrected chi connectivity index (χ3v) is 2.23. The Balaban J connectivity index is 2.94. The first-order chi connectivity index (χ1) is 7.69. The zero-order chi connectivity index (χ0) is 12.0. The van der Waals surface area contributed by atoms with Crippen molar-refractivity contribution >= 4 is 0 Å². The Hall–Kier alpha value is -1.65. The van der Waals surface area contributed by atoms with E-state index in [1.54, 1.807) is 14.1 Å². The van der Waals surface area contributed by atoms with E-state index in [0.29, 0.717) is 0 Å². The Morgan fingerprint density at radius 2 is 1.38 bits per heavy atom. The topological polar surface area (TPSA) is 62.3 Å². The fraction of sp³-hybridized carbons (Fsp3) is 0.545. The quantitative estimate of drug-likeness (QED) is 0.716. The largest absolute Gasteiger partial charge is 0.253 e. The summed E-state index contributed by atoms with van der Waals surface area (Å²) in [6, 6.07) is 5.81. The lowest BCUT2D eigenvalue weighted by molar-refractivity contribution is 0.684. The number of rotatable bonds is 4. The summed E-state index contributed by atoms with van der Waals surface area (Å²) in [7, 11) is 3.32. The lowest BCUT2D eigenvalue weighted by Gasteiger charge is -2.08. The van der Waals surface area contributed by atoms with Crippen LogP contribution in [0.4, 0.5) is 0 Å². The van der Waals surface area contributed by atoms with Gasteiger partial charge < -0.3 is 0 Å². The third-order valence-electron chi connectivity index (χ3n) is 2.23. The Morgan fingerprint density at radius 3 is 1.75 bits per heavy atom. The molecular weight excluding hydrogens is 202 g/mol. The minimum Gasteiger partial charge on any atom is -0.253 e. The monoisotopic (exact) mass is 219 g/mol. The molecule has 0 N–H and O–H groups in total. The standard InChI is InChI=1S/C11H17N5/c1-8(15-12-3)10-6-5-7-11(14-10)9(2)16-13-4/h5-9H,1-4H3. The number of azo groups is 2. The first-order valence-corrected chi connectivity index (χ1v) is 5.23. The maximum atomic E-state index is 4.50. The van der Waals surface area contributed by atoms with E-state index in [4.69, 9.17) is 0 Å². The minimum atomic E-state index is -0.0179. The van der Waals surface area contributed by atoms with Crippen molar-refractivity contribution in [2.75, 3.05) is 14.1 Å². The van der Waals surface area contributed by atoms with Gasteiger partial charge in [-0.15, -0.1) is 0 Å². The van der Waals surface area contributed by atoms with Crippen LogP contribution in [0.1, 0.15) is 37.3 Å². The number of nitrogens with zero attached hydrogens (tertiary/aromatic N) is 5. The van der Waals surface area contributed by atoms with Gasteiger partial charge in [0.15, 0.2) is 0 Å². The Kier molecular flexibility index (Phi) is 4.69. The van der Waals surface area contributed by atoms with E-state index in [0.717, 1.165) is 11.4 Å². The molecule has 1 heterocycles. The highest BCUT2D eigenvalue weighted by Gasteiger charge is 2.09. The van der Waals surface area contributed by atoms with Gasteiger partial charge in [0.05, 0.1) is 11.4 Å². The van der Waals surface area contributed by atoms with Crippen LogP contribution >= 0.6 is 0 Å². The molecule has 0 aliphatic heterocycles. The maximum absolute atomic E-state index is 4.50. The van der Waals surface area contributed by atoms with Crippen LogP contribution in [0.25, 0.3) is 0 Å². The van der Waals surface area contributed by atoms with Crippen LogP contribution in [0.2, 0.25) is 0 Å². The van der Waals surface area contributed by atoms with Gasteiger partial charge in [-0.1, -0.05) is 6.07 Å². The molecule has 0 amide bonds. The van der Waals surface area contributed by atoms with E-state index in [1.807, 2.05) is 32.0 Å². The first-order valence-electron chi connectivity index (χ1n) is 5.23. The van der Waals surface area contributed by atoms with E-state index in [1.165, 1.54) is 0 Å². The summed E-state index contributed by atoms with van der Waals surface area (Å²) in [5.74, 6) is 0. The minimum absolute atomic E-state index is 0.0179. The van der Waals surface area contributed by atoms with Crippen LogP contribution in [-0.4, -0.2) is 19.1 Å². The summed E-state index contributed by atoms with van der Waals surface area (Å²) in [4.78, 5) is 4.50. The van der Waals surface area contributed by atoms with Gasteiger partial charge in [0.25, 0.3) is 0 Å². The zero-order valence-electron chi connectivity index (χ0n) is 10.1. The van der Waals surface area contributed by atoms with E-state index < -0.39 is 0 Å². The van der Waals surface area contributed by atoms with Crippen LogP contribution in [0.3, 0.4) is 0 Å².